The van der Waals surface area contributed by atoms with Crippen LogP contribution in [0.1, 0.15) is 47.9 Å². The van der Waals surface area contributed by atoms with Gasteiger partial charge in [0.25, 0.3) is 5.91 Å². The molecule has 0 aromatic carbocycles. The number of hydrogen-bond acceptors (Lipinski definition) is 5. The fourth-order valence-electron chi connectivity index (χ4n) is 3.43. The number of amides is 1. The molecule has 1 fully saturated rings. The molecule has 3 aromatic heterocycles. The topological polar surface area (TPSA) is 64.2 Å². The summed E-state index contributed by atoms with van der Waals surface area (Å²) in [6.45, 7) is 0.673. The number of hydrogen-bond donors (Lipinski definition) is 0. The van der Waals surface area contributed by atoms with Crippen molar-refractivity contribution in [1.29, 1.82) is 0 Å². The predicted octanol–water partition coefficient (Wildman–Crippen LogP) is 4.55. The first-order valence-electron chi connectivity index (χ1n) is 8.64. The lowest BCUT2D eigenvalue weighted by Crippen LogP contribution is -2.36. The Hall–Kier alpha value is -2.12. The highest BCUT2D eigenvalue weighted by Crippen LogP contribution is 2.34. The van der Waals surface area contributed by atoms with E-state index in [9.17, 15) is 4.79 Å². The summed E-state index contributed by atoms with van der Waals surface area (Å²) < 4.78 is 7.08. The first-order chi connectivity index (χ1) is 12.6. The van der Waals surface area contributed by atoms with E-state index in [0.29, 0.717) is 17.3 Å². The summed E-state index contributed by atoms with van der Waals surface area (Å²) in [5, 5.41) is 10.8. The average Bonchev–Trinajstić information content (AvgIpc) is 3.34. The van der Waals surface area contributed by atoms with Gasteiger partial charge in [-0.2, -0.15) is 5.10 Å². The van der Waals surface area contributed by atoms with Crippen molar-refractivity contribution >= 4 is 28.8 Å². The van der Waals surface area contributed by atoms with Crippen LogP contribution in [0.2, 0.25) is 5.02 Å². The van der Waals surface area contributed by atoms with Gasteiger partial charge in [-0.15, -0.1) is 11.3 Å². The molecule has 0 unspecified atom stereocenters. The van der Waals surface area contributed by atoms with Gasteiger partial charge in [-0.3, -0.25) is 9.48 Å². The highest BCUT2D eigenvalue weighted by Gasteiger charge is 2.32. The normalized spacial score (nSPS) is 18.1. The highest BCUT2D eigenvalue weighted by atomic mass is 35.5. The van der Waals surface area contributed by atoms with E-state index in [1.54, 1.807) is 18.4 Å². The Balaban J connectivity index is 1.67. The number of likely N-dealkylation sites (tertiary alicyclic amines) is 1. The van der Waals surface area contributed by atoms with Gasteiger partial charge in [0.2, 0.25) is 0 Å². The standard InChI is InChI=1S/C18H19ClN4O2S/c1-22-17(12(19)11-20-22)18(24)23-8-4-2-3-6-14(23)13-10-15(25-21-13)16-7-5-9-26-16/h5,7,9-11,14H,2-4,6,8H2,1H3/t14-/m1/s1. The van der Waals surface area contributed by atoms with E-state index in [2.05, 4.69) is 10.3 Å². The van der Waals surface area contributed by atoms with E-state index in [4.69, 9.17) is 16.1 Å². The molecule has 0 spiro atoms. The fraction of sp³-hybridized carbons (Fsp3) is 0.389. The lowest BCUT2D eigenvalue weighted by atomic mass is 10.1. The second-order valence-corrected chi connectivity index (χ2v) is 7.78. The molecule has 1 aliphatic rings. The van der Waals surface area contributed by atoms with Crippen LogP contribution in [0.4, 0.5) is 0 Å². The van der Waals surface area contributed by atoms with Crippen molar-refractivity contribution in [3.63, 3.8) is 0 Å². The van der Waals surface area contributed by atoms with Gasteiger partial charge in [0.15, 0.2) is 5.76 Å². The molecule has 0 N–H and O–H groups in total. The van der Waals surface area contributed by atoms with Gasteiger partial charge in [-0.1, -0.05) is 35.7 Å². The Morgan fingerprint density at radius 3 is 3.00 bits per heavy atom. The Morgan fingerprint density at radius 1 is 1.38 bits per heavy atom. The van der Waals surface area contributed by atoms with Crippen LogP contribution >= 0.6 is 22.9 Å². The van der Waals surface area contributed by atoms with E-state index in [-0.39, 0.29) is 11.9 Å². The van der Waals surface area contributed by atoms with Gasteiger partial charge in [0, 0.05) is 19.7 Å². The number of halogens is 1. The van der Waals surface area contributed by atoms with Crippen molar-refractivity contribution in [3.05, 3.63) is 46.2 Å². The van der Waals surface area contributed by atoms with Crippen molar-refractivity contribution in [2.45, 2.75) is 31.7 Å². The van der Waals surface area contributed by atoms with Crippen LogP contribution in [0, 0.1) is 0 Å². The molecular formula is C18H19ClN4O2S. The Labute approximate surface area is 160 Å². The van der Waals surface area contributed by atoms with Gasteiger partial charge in [-0.05, 0) is 24.3 Å². The van der Waals surface area contributed by atoms with E-state index in [1.807, 2.05) is 28.5 Å². The Kier molecular flexibility index (Phi) is 4.82. The maximum absolute atomic E-state index is 13.2. The number of thiophene rings is 1. The van der Waals surface area contributed by atoms with Crippen molar-refractivity contribution in [2.24, 2.45) is 7.05 Å². The maximum Gasteiger partial charge on any atom is 0.274 e. The lowest BCUT2D eigenvalue weighted by molar-refractivity contribution is 0.0663. The fourth-order valence-corrected chi connectivity index (χ4v) is 4.35. The second-order valence-electron chi connectivity index (χ2n) is 6.42. The maximum atomic E-state index is 13.2. The third-order valence-electron chi connectivity index (χ3n) is 4.74. The van der Waals surface area contributed by atoms with Crippen molar-refractivity contribution < 1.29 is 9.32 Å². The Bertz CT molecular complexity index is 883. The molecule has 4 heterocycles. The van der Waals surface area contributed by atoms with Crippen LogP contribution in [-0.2, 0) is 7.05 Å². The quantitative estimate of drug-likeness (QED) is 0.658. The molecular weight excluding hydrogens is 372 g/mol. The largest absolute Gasteiger partial charge is 0.355 e. The molecule has 0 radical (unpaired) electrons. The molecule has 0 saturated carbocycles. The lowest BCUT2D eigenvalue weighted by Gasteiger charge is -2.28. The van der Waals surface area contributed by atoms with Crippen molar-refractivity contribution in [3.8, 4) is 10.6 Å². The Morgan fingerprint density at radius 2 is 2.27 bits per heavy atom. The van der Waals surface area contributed by atoms with Crippen LogP contribution in [-0.4, -0.2) is 32.3 Å². The van der Waals surface area contributed by atoms with E-state index in [0.717, 1.165) is 42.0 Å². The second kappa shape index (κ2) is 7.25. The summed E-state index contributed by atoms with van der Waals surface area (Å²) in [5.41, 5.74) is 1.21. The third kappa shape index (κ3) is 3.17. The van der Waals surface area contributed by atoms with Crippen LogP contribution in [0.25, 0.3) is 10.6 Å². The number of nitrogens with zero attached hydrogens (tertiary/aromatic N) is 4. The molecule has 8 heteroatoms. The minimum absolute atomic E-state index is 0.109. The van der Waals surface area contributed by atoms with Gasteiger partial charge in [-0.25, -0.2) is 0 Å². The summed E-state index contributed by atoms with van der Waals surface area (Å²) in [7, 11) is 1.73. The molecule has 1 saturated heterocycles. The summed E-state index contributed by atoms with van der Waals surface area (Å²) in [6.07, 6.45) is 5.47. The summed E-state index contributed by atoms with van der Waals surface area (Å²) >= 11 is 7.81. The molecule has 1 aliphatic heterocycles. The molecule has 26 heavy (non-hydrogen) atoms. The van der Waals surface area contributed by atoms with E-state index < -0.39 is 0 Å². The first kappa shape index (κ1) is 17.3. The van der Waals surface area contributed by atoms with Crippen LogP contribution in [0.3, 0.4) is 0 Å². The minimum Gasteiger partial charge on any atom is -0.355 e. The molecule has 3 aromatic rings. The van der Waals surface area contributed by atoms with E-state index in [1.165, 1.54) is 10.9 Å². The zero-order valence-corrected chi connectivity index (χ0v) is 16.0. The first-order valence-corrected chi connectivity index (χ1v) is 9.90. The van der Waals surface area contributed by atoms with Crippen LogP contribution in [0.5, 0.6) is 0 Å². The number of carbonyl (C=O) groups is 1. The van der Waals surface area contributed by atoms with Gasteiger partial charge in [0.05, 0.1) is 22.1 Å². The van der Waals surface area contributed by atoms with E-state index >= 15 is 0 Å². The number of carbonyl (C=O) groups excluding carboxylic acids is 1. The summed E-state index contributed by atoms with van der Waals surface area (Å²) in [5.74, 6) is 0.632. The van der Waals surface area contributed by atoms with Crippen LogP contribution in [0.15, 0.2) is 34.3 Å². The van der Waals surface area contributed by atoms with Gasteiger partial charge in [0.1, 0.15) is 11.4 Å². The number of rotatable bonds is 3. The zero-order valence-electron chi connectivity index (χ0n) is 14.4. The summed E-state index contributed by atoms with van der Waals surface area (Å²) in [6, 6.07) is 5.81. The minimum atomic E-state index is -0.117. The monoisotopic (exact) mass is 390 g/mol. The highest BCUT2D eigenvalue weighted by molar-refractivity contribution is 7.13. The molecule has 6 nitrogen and oxygen atoms in total. The zero-order chi connectivity index (χ0) is 18.1. The molecule has 1 atom stereocenters. The van der Waals surface area contributed by atoms with Crippen molar-refractivity contribution in [2.75, 3.05) is 6.54 Å². The molecule has 1 amide bonds. The predicted molar refractivity (Wildman–Crippen MR) is 100 cm³/mol. The van der Waals surface area contributed by atoms with Crippen molar-refractivity contribution in [1.82, 2.24) is 19.8 Å². The smallest absolute Gasteiger partial charge is 0.274 e. The summed E-state index contributed by atoms with van der Waals surface area (Å²) in [4.78, 5) is 16.1. The van der Waals surface area contributed by atoms with Gasteiger partial charge >= 0.3 is 0 Å². The molecule has 0 bridgehead atoms. The average molecular weight is 391 g/mol. The SMILES string of the molecule is Cn1ncc(Cl)c1C(=O)N1CCCCC[C@@H]1c1cc(-c2cccs2)on1. The molecule has 4 rings (SSSR count). The number of aryl methyl sites for hydroxylation is 1. The molecule has 0 aliphatic carbocycles. The van der Waals surface area contributed by atoms with Crippen LogP contribution < -0.4 is 0 Å². The third-order valence-corrected chi connectivity index (χ3v) is 5.91. The molecule has 136 valence electrons. The number of aromatic nitrogens is 3. The van der Waals surface area contributed by atoms with Gasteiger partial charge < -0.3 is 9.42 Å².